The molecule has 2 rings (SSSR count). The third-order valence-electron chi connectivity index (χ3n) is 4.39. The van der Waals surface area contributed by atoms with E-state index in [-0.39, 0.29) is 6.03 Å². The molecule has 2 amide bonds. The number of methoxy groups -OCH3 is 3. The molecule has 0 spiro atoms. The van der Waals surface area contributed by atoms with Gasteiger partial charge in [0.15, 0.2) is 11.5 Å². The molecule has 0 aromatic heterocycles. The van der Waals surface area contributed by atoms with Gasteiger partial charge >= 0.3 is 6.03 Å². The van der Waals surface area contributed by atoms with Gasteiger partial charge < -0.3 is 24.8 Å². The molecular weight excluding hydrogens is 344 g/mol. The van der Waals surface area contributed by atoms with Crippen LogP contribution in [0.25, 0.3) is 0 Å². The second kappa shape index (κ2) is 9.16. The van der Waals surface area contributed by atoms with E-state index in [4.69, 9.17) is 14.2 Å². The van der Waals surface area contributed by atoms with Crippen molar-refractivity contribution in [2.24, 2.45) is 0 Å². The van der Waals surface area contributed by atoms with Crippen molar-refractivity contribution in [2.75, 3.05) is 27.9 Å². The van der Waals surface area contributed by atoms with E-state index < -0.39 is 5.54 Å². The number of hydrogen-bond donors (Lipinski definition) is 2. The van der Waals surface area contributed by atoms with Gasteiger partial charge in [-0.25, -0.2) is 4.79 Å². The summed E-state index contributed by atoms with van der Waals surface area (Å²) in [6, 6.07) is 13.2. The van der Waals surface area contributed by atoms with E-state index in [1.165, 1.54) is 0 Å². The number of rotatable bonds is 8. The standard InChI is InChI=1S/C21H28N2O4/c1-21(2,16-8-11-18(26-4)19(14-16)27-5)23-20(24)22-13-12-15-6-9-17(25-3)10-7-15/h6-11,14H,12-13H2,1-5H3,(H2,22,23,24). The number of ether oxygens (including phenoxy) is 3. The lowest BCUT2D eigenvalue weighted by atomic mass is 9.94. The third-order valence-corrected chi connectivity index (χ3v) is 4.39. The number of carbonyl (C=O) groups is 1. The van der Waals surface area contributed by atoms with Crippen molar-refractivity contribution in [1.29, 1.82) is 0 Å². The molecular formula is C21H28N2O4. The van der Waals surface area contributed by atoms with Gasteiger partial charge in [0.05, 0.1) is 26.9 Å². The third kappa shape index (κ3) is 5.54. The number of hydrogen-bond acceptors (Lipinski definition) is 4. The van der Waals surface area contributed by atoms with Gasteiger partial charge in [0.1, 0.15) is 5.75 Å². The molecule has 0 bridgehead atoms. The Labute approximate surface area is 160 Å². The molecule has 0 saturated carbocycles. The summed E-state index contributed by atoms with van der Waals surface area (Å²) in [6.45, 7) is 4.43. The highest BCUT2D eigenvalue weighted by Crippen LogP contribution is 2.32. The first-order valence-corrected chi connectivity index (χ1v) is 8.81. The van der Waals surface area contributed by atoms with E-state index in [0.717, 1.165) is 23.3 Å². The minimum absolute atomic E-state index is 0.219. The first-order valence-electron chi connectivity index (χ1n) is 8.81. The molecule has 0 atom stereocenters. The Bertz CT molecular complexity index is 757. The van der Waals surface area contributed by atoms with Gasteiger partial charge in [0.2, 0.25) is 0 Å². The fourth-order valence-electron chi connectivity index (χ4n) is 2.74. The quantitative estimate of drug-likeness (QED) is 0.744. The van der Waals surface area contributed by atoms with Gasteiger partial charge in [-0.2, -0.15) is 0 Å². The molecule has 146 valence electrons. The van der Waals surface area contributed by atoms with E-state index in [9.17, 15) is 4.79 Å². The number of urea groups is 1. The second-order valence-electron chi connectivity index (χ2n) is 6.67. The van der Waals surface area contributed by atoms with Crippen LogP contribution in [0.5, 0.6) is 17.2 Å². The minimum atomic E-state index is -0.566. The highest BCUT2D eigenvalue weighted by molar-refractivity contribution is 5.75. The Kier molecular flexibility index (Phi) is 6.93. The Hall–Kier alpha value is -2.89. The van der Waals surface area contributed by atoms with Crippen LogP contribution in [0.4, 0.5) is 4.79 Å². The van der Waals surface area contributed by atoms with E-state index in [2.05, 4.69) is 10.6 Å². The zero-order valence-corrected chi connectivity index (χ0v) is 16.6. The van der Waals surface area contributed by atoms with Crippen LogP contribution in [0.1, 0.15) is 25.0 Å². The van der Waals surface area contributed by atoms with Crippen LogP contribution in [-0.2, 0) is 12.0 Å². The van der Waals surface area contributed by atoms with Gasteiger partial charge in [-0.1, -0.05) is 18.2 Å². The van der Waals surface area contributed by atoms with Crippen molar-refractivity contribution in [2.45, 2.75) is 25.8 Å². The molecule has 2 aromatic carbocycles. The predicted octanol–water partition coefficient (Wildman–Crippen LogP) is 3.49. The van der Waals surface area contributed by atoms with Crippen molar-refractivity contribution < 1.29 is 19.0 Å². The molecule has 6 heteroatoms. The fourth-order valence-corrected chi connectivity index (χ4v) is 2.74. The lowest BCUT2D eigenvalue weighted by molar-refractivity contribution is 0.230. The minimum Gasteiger partial charge on any atom is -0.497 e. The molecule has 0 saturated heterocycles. The second-order valence-corrected chi connectivity index (χ2v) is 6.67. The van der Waals surface area contributed by atoms with Crippen LogP contribution in [0.15, 0.2) is 42.5 Å². The lowest BCUT2D eigenvalue weighted by Gasteiger charge is -2.27. The van der Waals surface area contributed by atoms with Crippen LogP contribution < -0.4 is 24.8 Å². The normalized spacial score (nSPS) is 10.9. The topological polar surface area (TPSA) is 68.8 Å². The maximum absolute atomic E-state index is 12.3. The molecule has 0 unspecified atom stereocenters. The van der Waals surface area contributed by atoms with Crippen molar-refractivity contribution in [3.05, 3.63) is 53.6 Å². The maximum Gasteiger partial charge on any atom is 0.315 e. The Morgan fingerprint density at radius 2 is 1.59 bits per heavy atom. The zero-order chi connectivity index (χ0) is 19.9. The summed E-state index contributed by atoms with van der Waals surface area (Å²) in [7, 11) is 4.83. The monoisotopic (exact) mass is 372 g/mol. The van der Waals surface area contributed by atoms with Crippen LogP contribution in [0.2, 0.25) is 0 Å². The van der Waals surface area contributed by atoms with Crippen LogP contribution in [-0.4, -0.2) is 33.9 Å². The predicted molar refractivity (Wildman–Crippen MR) is 106 cm³/mol. The summed E-state index contributed by atoms with van der Waals surface area (Å²) < 4.78 is 15.8. The van der Waals surface area contributed by atoms with E-state index >= 15 is 0 Å². The molecule has 0 radical (unpaired) electrons. The first-order chi connectivity index (χ1) is 12.9. The van der Waals surface area contributed by atoms with Gasteiger partial charge in [-0.3, -0.25) is 0 Å². The lowest BCUT2D eigenvalue weighted by Crippen LogP contribution is -2.46. The SMILES string of the molecule is COc1ccc(CCNC(=O)NC(C)(C)c2ccc(OC)c(OC)c2)cc1. The molecule has 0 aliphatic rings. The number of benzene rings is 2. The van der Waals surface area contributed by atoms with Crippen LogP contribution in [0.3, 0.4) is 0 Å². The van der Waals surface area contributed by atoms with Gasteiger partial charge in [-0.05, 0) is 55.7 Å². The van der Waals surface area contributed by atoms with Crippen molar-refractivity contribution in [3.8, 4) is 17.2 Å². The summed E-state index contributed by atoms with van der Waals surface area (Å²) in [6.07, 6.45) is 0.744. The van der Waals surface area contributed by atoms with Crippen LogP contribution >= 0.6 is 0 Å². The Balaban J connectivity index is 1.91. The highest BCUT2D eigenvalue weighted by Gasteiger charge is 2.24. The molecule has 6 nitrogen and oxygen atoms in total. The first kappa shape index (κ1) is 20.4. The smallest absolute Gasteiger partial charge is 0.315 e. The summed E-state index contributed by atoms with van der Waals surface area (Å²) in [5.41, 5.74) is 1.49. The molecule has 2 N–H and O–H groups in total. The van der Waals surface area contributed by atoms with Gasteiger partial charge in [-0.15, -0.1) is 0 Å². The number of carbonyl (C=O) groups excluding carboxylic acids is 1. The molecule has 27 heavy (non-hydrogen) atoms. The molecule has 0 fully saturated rings. The van der Waals surface area contributed by atoms with Crippen LogP contribution in [0, 0.1) is 0 Å². The highest BCUT2D eigenvalue weighted by atomic mass is 16.5. The molecule has 0 aliphatic carbocycles. The van der Waals surface area contributed by atoms with Crippen molar-refractivity contribution in [1.82, 2.24) is 10.6 Å². The average Bonchev–Trinajstić information content (AvgIpc) is 2.67. The summed E-state index contributed by atoms with van der Waals surface area (Å²) in [5.74, 6) is 2.10. The molecule has 0 heterocycles. The van der Waals surface area contributed by atoms with Crippen molar-refractivity contribution >= 4 is 6.03 Å². The summed E-state index contributed by atoms with van der Waals surface area (Å²) in [4.78, 5) is 12.3. The zero-order valence-electron chi connectivity index (χ0n) is 16.6. The largest absolute Gasteiger partial charge is 0.497 e. The Morgan fingerprint density at radius 3 is 2.19 bits per heavy atom. The number of nitrogens with one attached hydrogen (secondary N) is 2. The van der Waals surface area contributed by atoms with E-state index in [1.807, 2.05) is 56.3 Å². The Morgan fingerprint density at radius 1 is 0.926 bits per heavy atom. The number of amides is 2. The maximum atomic E-state index is 12.3. The molecule has 0 aliphatic heterocycles. The average molecular weight is 372 g/mol. The summed E-state index contributed by atoms with van der Waals surface area (Å²) >= 11 is 0. The van der Waals surface area contributed by atoms with Gasteiger partial charge in [0.25, 0.3) is 0 Å². The fraction of sp³-hybridized carbons (Fsp3) is 0.381. The van der Waals surface area contributed by atoms with E-state index in [1.54, 1.807) is 21.3 Å². The van der Waals surface area contributed by atoms with Crippen molar-refractivity contribution in [3.63, 3.8) is 0 Å². The van der Waals surface area contributed by atoms with Gasteiger partial charge in [0, 0.05) is 6.54 Å². The van der Waals surface area contributed by atoms with E-state index in [0.29, 0.717) is 18.0 Å². The summed E-state index contributed by atoms with van der Waals surface area (Å²) in [5, 5.41) is 5.90. The molecule has 2 aromatic rings.